The number of amides is 1. The summed E-state index contributed by atoms with van der Waals surface area (Å²) >= 11 is 0. The molecule has 0 heterocycles. The molecule has 0 bridgehead atoms. The number of carboxylic acids is 1. The van der Waals surface area contributed by atoms with Gasteiger partial charge in [0.1, 0.15) is 5.54 Å². The third-order valence-corrected chi connectivity index (χ3v) is 3.54. The van der Waals surface area contributed by atoms with Gasteiger partial charge in [-0.15, -0.1) is 0 Å². The Kier molecular flexibility index (Phi) is 3.31. The molecule has 4 heteroatoms. The topological polar surface area (TPSA) is 66.4 Å². The van der Waals surface area contributed by atoms with Crippen LogP contribution in [0.2, 0.25) is 0 Å². The summed E-state index contributed by atoms with van der Waals surface area (Å²) in [5.74, 6) is -1.20. The zero-order valence-corrected chi connectivity index (χ0v) is 10.5. The first-order valence-corrected chi connectivity index (χ1v) is 5.72. The van der Waals surface area contributed by atoms with Crippen molar-refractivity contribution in [2.45, 2.75) is 52.5 Å². The monoisotopic (exact) mass is 227 g/mol. The molecule has 1 unspecified atom stereocenters. The Bertz CT molecular complexity index is 307. The highest BCUT2D eigenvalue weighted by atomic mass is 16.4. The van der Waals surface area contributed by atoms with Crippen LogP contribution >= 0.6 is 0 Å². The molecule has 1 aliphatic rings. The maximum atomic E-state index is 12.0. The number of carbonyl (C=O) groups is 2. The van der Waals surface area contributed by atoms with Gasteiger partial charge in [0.2, 0.25) is 5.91 Å². The van der Waals surface area contributed by atoms with Crippen LogP contribution in [0.5, 0.6) is 0 Å². The van der Waals surface area contributed by atoms with Crippen molar-refractivity contribution in [3.05, 3.63) is 0 Å². The van der Waals surface area contributed by atoms with Crippen LogP contribution in [0, 0.1) is 11.3 Å². The Labute approximate surface area is 96.4 Å². The molecule has 16 heavy (non-hydrogen) atoms. The number of hydrogen-bond donors (Lipinski definition) is 2. The average Bonchev–Trinajstić information content (AvgIpc) is 2.43. The fourth-order valence-electron chi connectivity index (χ4n) is 2.26. The van der Waals surface area contributed by atoms with Crippen molar-refractivity contribution in [1.82, 2.24) is 5.32 Å². The molecule has 1 fully saturated rings. The average molecular weight is 227 g/mol. The predicted molar refractivity (Wildman–Crippen MR) is 61.0 cm³/mol. The minimum atomic E-state index is -1.18. The van der Waals surface area contributed by atoms with Gasteiger partial charge in [0.25, 0.3) is 0 Å². The molecular weight excluding hydrogens is 206 g/mol. The molecule has 0 spiro atoms. The van der Waals surface area contributed by atoms with Crippen molar-refractivity contribution < 1.29 is 14.7 Å². The quantitative estimate of drug-likeness (QED) is 0.772. The van der Waals surface area contributed by atoms with Crippen molar-refractivity contribution in [3.63, 3.8) is 0 Å². The summed E-state index contributed by atoms with van der Waals surface area (Å²) < 4.78 is 0. The summed E-state index contributed by atoms with van der Waals surface area (Å²) in [6, 6.07) is 0. The first kappa shape index (κ1) is 13.0. The number of nitrogens with one attached hydrogen (secondary N) is 1. The Hall–Kier alpha value is -1.06. The summed E-state index contributed by atoms with van der Waals surface area (Å²) in [6.45, 7) is 7.15. The van der Waals surface area contributed by atoms with E-state index in [0.717, 1.165) is 19.3 Å². The second kappa shape index (κ2) is 4.07. The molecule has 1 aliphatic carbocycles. The maximum Gasteiger partial charge on any atom is 0.328 e. The summed E-state index contributed by atoms with van der Waals surface area (Å²) in [5.41, 5.74) is -1.20. The van der Waals surface area contributed by atoms with E-state index in [0.29, 0.717) is 0 Å². The van der Waals surface area contributed by atoms with E-state index in [9.17, 15) is 9.59 Å². The first-order valence-electron chi connectivity index (χ1n) is 5.72. The van der Waals surface area contributed by atoms with Gasteiger partial charge in [0, 0.05) is 5.92 Å². The third kappa shape index (κ3) is 2.54. The normalized spacial score (nSPS) is 24.1. The molecule has 1 atom stereocenters. The second-order valence-corrected chi connectivity index (χ2v) is 5.85. The molecule has 0 radical (unpaired) electrons. The Morgan fingerprint density at radius 3 is 2.31 bits per heavy atom. The van der Waals surface area contributed by atoms with E-state index in [4.69, 9.17) is 5.11 Å². The Morgan fingerprint density at radius 2 is 1.94 bits per heavy atom. The zero-order valence-electron chi connectivity index (χ0n) is 10.5. The predicted octanol–water partition coefficient (Wildman–Crippen LogP) is 1.79. The summed E-state index contributed by atoms with van der Waals surface area (Å²) in [7, 11) is 0. The Balaban J connectivity index is 2.70. The lowest BCUT2D eigenvalue weighted by Crippen LogP contribution is -2.52. The van der Waals surface area contributed by atoms with E-state index in [2.05, 4.69) is 19.2 Å². The molecule has 0 aromatic rings. The van der Waals surface area contributed by atoms with Gasteiger partial charge in [0.15, 0.2) is 0 Å². The number of rotatable bonds is 3. The Morgan fingerprint density at radius 1 is 1.38 bits per heavy atom. The number of hydrogen-bond acceptors (Lipinski definition) is 2. The molecule has 1 saturated carbocycles. The minimum Gasteiger partial charge on any atom is -0.480 e. The van der Waals surface area contributed by atoms with Gasteiger partial charge in [-0.1, -0.05) is 20.3 Å². The molecule has 4 nitrogen and oxygen atoms in total. The SMILES string of the molecule is CC(C)(NC(=O)C1CCCC1(C)C)C(=O)O. The molecule has 92 valence electrons. The highest BCUT2D eigenvalue weighted by molar-refractivity contribution is 5.87. The van der Waals surface area contributed by atoms with E-state index >= 15 is 0 Å². The molecule has 0 aromatic carbocycles. The van der Waals surface area contributed by atoms with Gasteiger partial charge in [-0.05, 0) is 32.1 Å². The van der Waals surface area contributed by atoms with E-state index in [1.54, 1.807) is 0 Å². The lowest BCUT2D eigenvalue weighted by molar-refractivity contribution is -0.147. The molecule has 2 N–H and O–H groups in total. The van der Waals surface area contributed by atoms with Crippen LogP contribution < -0.4 is 5.32 Å². The molecule has 0 aliphatic heterocycles. The number of carboxylic acid groups (broad SMARTS) is 1. The zero-order chi connectivity index (χ0) is 12.6. The standard InChI is InChI=1S/C12H21NO3/c1-11(2)7-5-6-8(11)9(14)13-12(3,4)10(15)16/h8H,5-7H2,1-4H3,(H,13,14)(H,15,16). The van der Waals surface area contributed by atoms with E-state index < -0.39 is 11.5 Å². The molecule has 0 aromatic heterocycles. The summed E-state index contributed by atoms with van der Waals surface area (Å²) in [6.07, 6.45) is 2.92. The van der Waals surface area contributed by atoms with Crippen molar-refractivity contribution in [3.8, 4) is 0 Å². The third-order valence-electron chi connectivity index (χ3n) is 3.54. The molecular formula is C12H21NO3. The van der Waals surface area contributed by atoms with Gasteiger partial charge in [-0.3, -0.25) is 4.79 Å². The lowest BCUT2D eigenvalue weighted by Gasteiger charge is -2.29. The summed E-state index contributed by atoms with van der Waals surface area (Å²) in [4.78, 5) is 22.9. The molecule has 0 saturated heterocycles. The van der Waals surface area contributed by atoms with Crippen molar-refractivity contribution in [2.75, 3.05) is 0 Å². The van der Waals surface area contributed by atoms with Crippen LogP contribution in [0.3, 0.4) is 0 Å². The van der Waals surface area contributed by atoms with Crippen LogP contribution in [0.4, 0.5) is 0 Å². The number of carbonyl (C=O) groups excluding carboxylic acids is 1. The summed E-state index contributed by atoms with van der Waals surface area (Å²) in [5, 5.41) is 11.6. The highest BCUT2D eigenvalue weighted by Crippen LogP contribution is 2.42. The fraction of sp³-hybridized carbons (Fsp3) is 0.833. The van der Waals surface area contributed by atoms with Gasteiger partial charge in [-0.25, -0.2) is 4.79 Å². The van der Waals surface area contributed by atoms with Gasteiger partial charge >= 0.3 is 5.97 Å². The maximum absolute atomic E-state index is 12.0. The van der Waals surface area contributed by atoms with Gasteiger partial charge in [-0.2, -0.15) is 0 Å². The van der Waals surface area contributed by atoms with Crippen LogP contribution in [0.25, 0.3) is 0 Å². The largest absolute Gasteiger partial charge is 0.480 e. The first-order chi connectivity index (χ1) is 7.17. The lowest BCUT2D eigenvalue weighted by atomic mass is 9.81. The highest BCUT2D eigenvalue weighted by Gasteiger charge is 2.41. The van der Waals surface area contributed by atoms with Crippen LogP contribution in [-0.4, -0.2) is 22.5 Å². The van der Waals surface area contributed by atoms with Gasteiger partial charge < -0.3 is 10.4 Å². The van der Waals surface area contributed by atoms with E-state index in [1.807, 2.05) is 0 Å². The second-order valence-electron chi connectivity index (χ2n) is 5.85. The van der Waals surface area contributed by atoms with Crippen LogP contribution in [-0.2, 0) is 9.59 Å². The van der Waals surface area contributed by atoms with Crippen LogP contribution in [0.1, 0.15) is 47.0 Å². The number of aliphatic carboxylic acids is 1. The molecule has 1 amide bonds. The van der Waals surface area contributed by atoms with E-state index in [1.165, 1.54) is 13.8 Å². The van der Waals surface area contributed by atoms with Crippen molar-refractivity contribution in [2.24, 2.45) is 11.3 Å². The van der Waals surface area contributed by atoms with Crippen molar-refractivity contribution >= 4 is 11.9 Å². The van der Waals surface area contributed by atoms with Gasteiger partial charge in [0.05, 0.1) is 0 Å². The van der Waals surface area contributed by atoms with Crippen LogP contribution in [0.15, 0.2) is 0 Å². The van der Waals surface area contributed by atoms with Crippen molar-refractivity contribution in [1.29, 1.82) is 0 Å². The molecule has 1 rings (SSSR count). The van der Waals surface area contributed by atoms with E-state index in [-0.39, 0.29) is 17.2 Å². The smallest absolute Gasteiger partial charge is 0.328 e. The minimum absolute atomic E-state index is 0.0152. The fourth-order valence-corrected chi connectivity index (χ4v) is 2.26.